The van der Waals surface area contributed by atoms with Crippen LogP contribution in [0.25, 0.3) is 0 Å². The highest BCUT2D eigenvalue weighted by molar-refractivity contribution is 7.92. The molecular weight excluding hydrogens is 557 g/mol. The second-order valence-corrected chi connectivity index (χ2v) is 13.0. The van der Waals surface area contributed by atoms with Crippen molar-refractivity contribution >= 4 is 50.7 Å². The number of carbonyl (C=O) groups is 2. The van der Waals surface area contributed by atoms with Crippen LogP contribution in [0.5, 0.6) is 0 Å². The van der Waals surface area contributed by atoms with Gasteiger partial charge in [0.15, 0.2) is 0 Å². The third kappa shape index (κ3) is 7.97. The minimum absolute atomic E-state index is 0.00693. The third-order valence-electron chi connectivity index (χ3n) is 5.94. The van der Waals surface area contributed by atoms with Gasteiger partial charge >= 0.3 is 0 Å². The number of nitrogens with zero attached hydrogens (tertiary/aromatic N) is 2. The normalized spacial score (nSPS) is 12.5. The number of hydrogen-bond acceptors (Lipinski definition) is 4. The Hall–Kier alpha value is -3.07. The summed E-state index contributed by atoms with van der Waals surface area (Å²) in [5.74, 6) is -0.910. The van der Waals surface area contributed by atoms with Gasteiger partial charge in [0.2, 0.25) is 11.8 Å². The fourth-order valence-corrected chi connectivity index (χ4v) is 5.55. The van der Waals surface area contributed by atoms with Crippen molar-refractivity contribution in [2.45, 2.75) is 57.6 Å². The standard InChI is InChI=1S/C29H33Cl2N3O4S/c1-20-11-13-22(14-12-20)18-33(21(2)28(36)32-29(3,4)5)27(35)19-34(23-15-16-25(30)26(31)17-23)39(37,38)24-9-7-6-8-10-24/h6-17,21H,18-19H2,1-5H3,(H,32,36)/t21-/m0/s1. The van der Waals surface area contributed by atoms with Gasteiger partial charge in [0, 0.05) is 12.1 Å². The lowest BCUT2D eigenvalue weighted by molar-refractivity contribution is -0.140. The average molecular weight is 591 g/mol. The Labute approximate surface area is 240 Å². The number of benzene rings is 3. The molecule has 3 rings (SSSR count). The van der Waals surface area contributed by atoms with E-state index in [-0.39, 0.29) is 33.1 Å². The van der Waals surface area contributed by atoms with E-state index in [1.807, 2.05) is 52.0 Å². The maximum atomic E-state index is 13.9. The molecule has 208 valence electrons. The van der Waals surface area contributed by atoms with E-state index >= 15 is 0 Å². The lowest BCUT2D eigenvalue weighted by Crippen LogP contribution is -2.54. The van der Waals surface area contributed by atoms with E-state index in [2.05, 4.69) is 5.32 Å². The molecule has 0 radical (unpaired) electrons. The number of aryl methyl sites for hydroxylation is 1. The summed E-state index contributed by atoms with van der Waals surface area (Å²) in [6.07, 6.45) is 0. The first-order valence-corrected chi connectivity index (χ1v) is 14.6. The Balaban J connectivity index is 2.04. The summed E-state index contributed by atoms with van der Waals surface area (Å²) in [7, 11) is -4.18. The van der Waals surface area contributed by atoms with Crippen molar-refractivity contribution in [3.05, 3.63) is 94.0 Å². The SMILES string of the molecule is Cc1ccc(CN(C(=O)CN(c2ccc(Cl)c(Cl)c2)S(=O)(=O)c2ccccc2)[C@@H](C)C(=O)NC(C)(C)C)cc1. The van der Waals surface area contributed by atoms with Gasteiger partial charge in [0.05, 0.1) is 20.6 Å². The van der Waals surface area contributed by atoms with Crippen LogP contribution >= 0.6 is 23.2 Å². The predicted octanol–water partition coefficient (Wildman–Crippen LogP) is 5.83. The number of hydrogen-bond donors (Lipinski definition) is 1. The van der Waals surface area contributed by atoms with Crippen molar-refractivity contribution in [3.8, 4) is 0 Å². The van der Waals surface area contributed by atoms with Crippen molar-refractivity contribution in [1.82, 2.24) is 10.2 Å². The van der Waals surface area contributed by atoms with Crippen molar-refractivity contribution in [3.63, 3.8) is 0 Å². The van der Waals surface area contributed by atoms with Crippen LogP contribution in [0.15, 0.2) is 77.7 Å². The molecule has 39 heavy (non-hydrogen) atoms. The zero-order valence-electron chi connectivity index (χ0n) is 22.6. The van der Waals surface area contributed by atoms with E-state index in [9.17, 15) is 18.0 Å². The molecule has 0 saturated carbocycles. The van der Waals surface area contributed by atoms with Crippen molar-refractivity contribution < 1.29 is 18.0 Å². The van der Waals surface area contributed by atoms with Crippen LogP contribution < -0.4 is 9.62 Å². The minimum atomic E-state index is -4.18. The Morgan fingerprint density at radius 1 is 0.923 bits per heavy atom. The number of nitrogens with one attached hydrogen (secondary N) is 1. The monoisotopic (exact) mass is 589 g/mol. The van der Waals surface area contributed by atoms with Crippen molar-refractivity contribution in [2.24, 2.45) is 0 Å². The van der Waals surface area contributed by atoms with Crippen LogP contribution in [0.4, 0.5) is 5.69 Å². The summed E-state index contributed by atoms with van der Waals surface area (Å²) in [5.41, 5.74) is 1.50. The van der Waals surface area contributed by atoms with Gasteiger partial charge in [-0.1, -0.05) is 71.2 Å². The molecule has 2 amide bonds. The van der Waals surface area contributed by atoms with Gasteiger partial charge in [-0.2, -0.15) is 0 Å². The maximum Gasteiger partial charge on any atom is 0.264 e. The number of amides is 2. The van der Waals surface area contributed by atoms with Crippen molar-refractivity contribution in [2.75, 3.05) is 10.8 Å². The van der Waals surface area contributed by atoms with Crippen molar-refractivity contribution in [1.29, 1.82) is 0 Å². The molecule has 0 aliphatic heterocycles. The van der Waals surface area contributed by atoms with E-state index in [4.69, 9.17) is 23.2 Å². The van der Waals surface area contributed by atoms with Crippen LogP contribution in [-0.4, -0.2) is 43.3 Å². The lowest BCUT2D eigenvalue weighted by atomic mass is 10.1. The van der Waals surface area contributed by atoms with Crippen LogP contribution in [0.1, 0.15) is 38.8 Å². The molecule has 10 heteroatoms. The number of rotatable bonds is 9. The first-order valence-electron chi connectivity index (χ1n) is 12.4. The molecule has 3 aromatic rings. The quantitative estimate of drug-likeness (QED) is 0.340. The highest BCUT2D eigenvalue weighted by atomic mass is 35.5. The zero-order valence-corrected chi connectivity index (χ0v) is 24.9. The summed E-state index contributed by atoms with van der Waals surface area (Å²) in [4.78, 5) is 28.4. The first kappa shape index (κ1) is 30.5. The molecule has 1 atom stereocenters. The fraction of sp³-hybridized carbons (Fsp3) is 0.310. The summed E-state index contributed by atoms with van der Waals surface area (Å²) in [5, 5.41) is 3.30. The molecule has 0 spiro atoms. The van der Waals surface area contributed by atoms with Gasteiger partial charge < -0.3 is 10.2 Å². The summed E-state index contributed by atoms with van der Waals surface area (Å²) in [6, 6.07) is 18.9. The predicted molar refractivity (Wildman–Crippen MR) is 157 cm³/mol. The molecule has 0 bridgehead atoms. The van der Waals surface area contributed by atoms with E-state index in [0.29, 0.717) is 0 Å². The second-order valence-electron chi connectivity index (χ2n) is 10.3. The molecule has 0 saturated heterocycles. The maximum absolute atomic E-state index is 13.9. The molecule has 0 aliphatic rings. The topological polar surface area (TPSA) is 86.8 Å². The molecule has 0 aliphatic carbocycles. The Morgan fingerprint density at radius 3 is 2.10 bits per heavy atom. The molecular formula is C29H33Cl2N3O4S. The fourth-order valence-electron chi connectivity index (χ4n) is 3.84. The molecule has 1 N–H and O–H groups in total. The molecule has 0 heterocycles. The Bertz CT molecular complexity index is 1420. The number of halogens is 2. The van der Waals surface area contributed by atoms with Crippen LogP contribution in [0.3, 0.4) is 0 Å². The van der Waals surface area contributed by atoms with Gasteiger partial charge in [0.1, 0.15) is 12.6 Å². The van der Waals surface area contributed by atoms with Crippen LogP contribution in [0.2, 0.25) is 10.0 Å². The van der Waals surface area contributed by atoms with E-state index in [0.717, 1.165) is 15.4 Å². The third-order valence-corrected chi connectivity index (χ3v) is 8.47. The highest BCUT2D eigenvalue weighted by Crippen LogP contribution is 2.31. The summed E-state index contributed by atoms with van der Waals surface area (Å²) < 4.78 is 28.5. The molecule has 3 aromatic carbocycles. The largest absolute Gasteiger partial charge is 0.350 e. The van der Waals surface area contributed by atoms with Gasteiger partial charge in [-0.3, -0.25) is 13.9 Å². The summed E-state index contributed by atoms with van der Waals surface area (Å²) >= 11 is 12.3. The van der Waals surface area contributed by atoms with Gasteiger partial charge in [-0.25, -0.2) is 8.42 Å². The van der Waals surface area contributed by atoms with E-state index in [1.54, 1.807) is 25.1 Å². The highest BCUT2D eigenvalue weighted by Gasteiger charge is 2.33. The lowest BCUT2D eigenvalue weighted by Gasteiger charge is -2.33. The summed E-state index contributed by atoms with van der Waals surface area (Å²) in [6.45, 7) is 8.68. The second kappa shape index (κ2) is 12.4. The molecule has 0 unspecified atom stereocenters. The van der Waals surface area contributed by atoms with E-state index in [1.165, 1.54) is 35.2 Å². The van der Waals surface area contributed by atoms with Crippen LogP contribution in [-0.2, 0) is 26.2 Å². The Morgan fingerprint density at radius 2 is 1.54 bits per heavy atom. The van der Waals surface area contributed by atoms with Gasteiger partial charge in [-0.15, -0.1) is 0 Å². The number of anilines is 1. The number of sulfonamides is 1. The van der Waals surface area contributed by atoms with Gasteiger partial charge in [0.25, 0.3) is 10.0 Å². The Kier molecular flexibility index (Phi) is 9.69. The van der Waals surface area contributed by atoms with Gasteiger partial charge in [-0.05, 0) is 70.5 Å². The molecule has 0 fully saturated rings. The number of carbonyl (C=O) groups excluding carboxylic acids is 2. The smallest absolute Gasteiger partial charge is 0.264 e. The molecule has 7 nitrogen and oxygen atoms in total. The van der Waals surface area contributed by atoms with E-state index < -0.39 is 34.1 Å². The molecule has 0 aromatic heterocycles. The van der Waals surface area contributed by atoms with Crippen LogP contribution in [0, 0.1) is 6.92 Å². The minimum Gasteiger partial charge on any atom is -0.350 e. The zero-order chi connectivity index (χ0) is 29.0. The average Bonchev–Trinajstić information content (AvgIpc) is 2.87. The first-order chi connectivity index (χ1) is 18.2.